The van der Waals surface area contributed by atoms with E-state index in [1.807, 2.05) is 158 Å². The average molecular weight is 1340 g/mol. The molecule has 6 heterocycles. The second-order valence-electron chi connectivity index (χ2n) is 22.0. The highest BCUT2D eigenvalue weighted by molar-refractivity contribution is 7.15. The number of amides is 3. The van der Waals surface area contributed by atoms with E-state index in [-0.39, 0.29) is 23.8 Å². The van der Waals surface area contributed by atoms with Crippen molar-refractivity contribution in [1.29, 1.82) is 0 Å². The molecule has 18 nitrogen and oxygen atoms in total. The molecule has 12 rings (SSSR count). The van der Waals surface area contributed by atoms with Crippen LogP contribution in [-0.2, 0) is 17.8 Å². The van der Waals surface area contributed by atoms with Crippen LogP contribution in [0.1, 0.15) is 78.3 Å². The van der Waals surface area contributed by atoms with Crippen molar-refractivity contribution >= 4 is 67.1 Å². The highest BCUT2D eigenvalue weighted by Crippen LogP contribution is 2.38. The molecule has 0 saturated carbocycles. The summed E-state index contributed by atoms with van der Waals surface area (Å²) in [6, 6.07) is 49.7. The van der Waals surface area contributed by atoms with Crippen molar-refractivity contribution in [3.8, 4) is 68.3 Å². The summed E-state index contributed by atoms with van der Waals surface area (Å²) in [6.07, 6.45) is 8.23. The van der Waals surface area contributed by atoms with Crippen LogP contribution < -0.4 is 43.1 Å². The van der Waals surface area contributed by atoms with Crippen molar-refractivity contribution in [2.45, 2.75) is 59.2 Å². The van der Waals surface area contributed by atoms with Gasteiger partial charge >= 0.3 is 0 Å². The molecule has 6 aromatic carbocycles. The number of methoxy groups -OCH3 is 6. The summed E-state index contributed by atoms with van der Waals surface area (Å²) in [7, 11) is 9.51. The normalized spacial score (nSPS) is 12.4. The van der Waals surface area contributed by atoms with Crippen molar-refractivity contribution < 1.29 is 47.5 Å². The highest BCUT2D eigenvalue weighted by Gasteiger charge is 2.30. The van der Waals surface area contributed by atoms with Gasteiger partial charge in [-0.15, -0.1) is 34.0 Å². The smallest absolute Gasteiger partial charge is 0.260 e. The van der Waals surface area contributed by atoms with Crippen LogP contribution in [0.2, 0.25) is 0 Å². The summed E-state index contributed by atoms with van der Waals surface area (Å²) < 4.78 is 38.8. The van der Waals surface area contributed by atoms with E-state index >= 15 is 0 Å². The number of hydrogen-bond donors (Lipinski definition) is 0. The van der Waals surface area contributed by atoms with Crippen LogP contribution in [-0.4, -0.2) is 105 Å². The maximum atomic E-state index is 13.7. The molecule has 1 fully saturated rings. The minimum absolute atomic E-state index is 0.00832. The molecule has 0 radical (unpaired) electrons. The molecular formula is C75H74N8O10S3. The third-order valence-corrected chi connectivity index (χ3v) is 18.5. The zero-order chi connectivity index (χ0) is 67.5. The second kappa shape index (κ2) is 33.2. The summed E-state index contributed by atoms with van der Waals surface area (Å²) in [5, 5.41) is 7.78. The van der Waals surface area contributed by atoms with Crippen LogP contribution in [0.25, 0.3) is 33.8 Å². The van der Waals surface area contributed by atoms with Gasteiger partial charge in [0.1, 0.15) is 34.5 Å². The first-order valence-corrected chi connectivity index (χ1v) is 33.5. The Morgan fingerprint density at radius 2 is 0.812 bits per heavy atom. The number of ether oxygens (including phenoxy) is 7. The maximum Gasteiger partial charge on any atom is 0.260 e. The number of carbonyl (C=O) groups is 3. The predicted octanol–water partition coefficient (Wildman–Crippen LogP) is 16.1. The summed E-state index contributed by atoms with van der Waals surface area (Å²) in [6.45, 7) is 7.54. The largest absolute Gasteiger partial charge is 0.496 e. The zero-order valence-corrected chi connectivity index (χ0v) is 57.3. The Labute approximate surface area is 571 Å². The maximum absolute atomic E-state index is 13.7. The number of anilines is 3. The van der Waals surface area contributed by atoms with Gasteiger partial charge in [0.25, 0.3) is 17.7 Å². The molecule has 21 heteroatoms. The van der Waals surface area contributed by atoms with Gasteiger partial charge in [0.15, 0.2) is 15.4 Å². The van der Waals surface area contributed by atoms with E-state index in [9.17, 15) is 14.4 Å². The molecule has 1 aliphatic heterocycles. The lowest BCUT2D eigenvalue weighted by atomic mass is 10.1. The minimum Gasteiger partial charge on any atom is -0.496 e. The summed E-state index contributed by atoms with van der Waals surface area (Å²) in [5.41, 5.74) is 11.2. The second-order valence-corrected chi connectivity index (χ2v) is 24.5. The van der Waals surface area contributed by atoms with Gasteiger partial charge in [0, 0.05) is 91.4 Å². The Balaban J connectivity index is 0.000000157. The fourth-order valence-electron chi connectivity index (χ4n) is 10.7. The van der Waals surface area contributed by atoms with Crippen LogP contribution >= 0.6 is 34.0 Å². The first kappa shape index (κ1) is 68.5. The third-order valence-electron chi connectivity index (χ3n) is 15.9. The van der Waals surface area contributed by atoms with Gasteiger partial charge in [-0.05, 0) is 106 Å². The molecule has 1 unspecified atom stereocenters. The number of hydrogen-bond acceptors (Lipinski definition) is 18. The molecule has 492 valence electrons. The SMILES string of the molecule is COc1cc(C(=O)N(CC2CCCCO2)c2nc(-c3ccccc3)cs2)cc(OC)c1C.COc1cc(C(=O)N(Cc2ccccn2)c2nc(-c3ccccc3)cs2)cc(OC)c1C.COc1cc(C(=O)N(Cc2ccncc2)c2nc(-c3ccccc3)cs2)cc(OC)c1C. The molecular weight excluding hydrogens is 1270 g/mol. The van der Waals surface area contributed by atoms with Gasteiger partial charge in [0.2, 0.25) is 0 Å². The molecule has 0 bridgehead atoms. The minimum atomic E-state index is -0.207. The standard InChI is InChI=1S/2C25H23N3O3S.C25H28N2O4S/c1-17-22(30-2)13-19(14-23(17)31-3)24(29)28(15-20-11-7-8-12-26-20)25-27-21(16-32-25)18-9-5-4-6-10-18;1-17-22(30-2)13-20(14-23(17)31-3)24(29)28(15-18-9-11-26-12-10-18)25-27-21(16-32-25)19-7-5-4-6-8-19;1-17-22(29-2)13-19(14-23(17)30-3)24(28)27(15-20-11-7-8-12-31-20)25-26-21(16-32-25)18-9-5-4-6-10-18/h2*4-14,16H,15H2,1-3H3;4-6,9-10,13-14,16,20H,7-8,11-12,15H2,1-3H3. The van der Waals surface area contributed by atoms with E-state index in [2.05, 4.69) is 9.97 Å². The topological polar surface area (TPSA) is 190 Å². The van der Waals surface area contributed by atoms with Crippen LogP contribution in [0.15, 0.2) is 192 Å². The Morgan fingerprint density at radius 1 is 0.448 bits per heavy atom. The molecule has 1 atom stereocenters. The Morgan fingerprint density at radius 3 is 1.17 bits per heavy atom. The first-order chi connectivity index (χ1) is 46.8. The van der Waals surface area contributed by atoms with Gasteiger partial charge in [-0.1, -0.05) is 97.1 Å². The van der Waals surface area contributed by atoms with E-state index in [0.717, 1.165) is 87.6 Å². The van der Waals surface area contributed by atoms with Crippen LogP contribution in [0, 0.1) is 20.8 Å². The lowest BCUT2D eigenvalue weighted by Crippen LogP contribution is -2.40. The molecule has 0 aliphatic carbocycles. The molecule has 0 spiro atoms. The zero-order valence-electron chi connectivity index (χ0n) is 54.9. The van der Waals surface area contributed by atoms with Gasteiger partial charge in [-0.25, -0.2) is 15.0 Å². The molecule has 0 N–H and O–H groups in total. The van der Waals surface area contributed by atoms with Crippen molar-refractivity contribution in [3.63, 3.8) is 0 Å². The fraction of sp³-hybridized carbons (Fsp3) is 0.227. The quantitative estimate of drug-likeness (QED) is 0.0660. The first-order valence-electron chi connectivity index (χ1n) is 30.9. The van der Waals surface area contributed by atoms with Crippen molar-refractivity contribution in [1.82, 2.24) is 24.9 Å². The lowest BCUT2D eigenvalue weighted by Gasteiger charge is -2.28. The number of benzene rings is 6. The van der Waals surface area contributed by atoms with Gasteiger partial charge in [-0.3, -0.25) is 39.1 Å². The Hall–Kier alpha value is -10.3. The Kier molecular flexibility index (Phi) is 23.7. The van der Waals surface area contributed by atoms with Gasteiger partial charge < -0.3 is 33.2 Å². The van der Waals surface area contributed by atoms with Crippen molar-refractivity contribution in [2.24, 2.45) is 0 Å². The van der Waals surface area contributed by atoms with Crippen LogP contribution in [0.4, 0.5) is 15.4 Å². The summed E-state index contributed by atoms with van der Waals surface area (Å²) in [5.74, 6) is 3.07. The molecule has 1 saturated heterocycles. The molecule has 5 aromatic heterocycles. The predicted molar refractivity (Wildman–Crippen MR) is 380 cm³/mol. The monoisotopic (exact) mass is 1340 g/mol. The molecule has 1 aliphatic rings. The van der Waals surface area contributed by atoms with E-state index in [1.165, 1.54) is 34.0 Å². The summed E-state index contributed by atoms with van der Waals surface area (Å²) >= 11 is 4.32. The average Bonchev–Trinajstić information content (AvgIpc) is 1.62. The lowest BCUT2D eigenvalue weighted by molar-refractivity contribution is 0.0207. The van der Waals surface area contributed by atoms with Gasteiger partial charge in [-0.2, -0.15) is 0 Å². The molecule has 11 aromatic rings. The summed E-state index contributed by atoms with van der Waals surface area (Å²) in [4.78, 5) is 69.0. The van der Waals surface area contributed by atoms with E-state index < -0.39 is 0 Å². The number of thiazole rings is 3. The molecule has 3 amide bonds. The van der Waals surface area contributed by atoms with E-state index in [0.29, 0.717) is 86.2 Å². The van der Waals surface area contributed by atoms with Crippen LogP contribution in [0.3, 0.4) is 0 Å². The fourth-order valence-corrected chi connectivity index (χ4v) is 13.2. The van der Waals surface area contributed by atoms with E-state index in [1.54, 1.807) is 112 Å². The molecule has 96 heavy (non-hydrogen) atoms. The van der Waals surface area contributed by atoms with Crippen LogP contribution in [0.5, 0.6) is 34.5 Å². The van der Waals surface area contributed by atoms with Gasteiger partial charge in [0.05, 0.1) is 91.2 Å². The number of pyridine rings is 2. The number of rotatable bonds is 21. The van der Waals surface area contributed by atoms with Crippen molar-refractivity contribution in [3.05, 3.63) is 237 Å². The number of aromatic nitrogens is 5. The third kappa shape index (κ3) is 16.8. The van der Waals surface area contributed by atoms with Crippen molar-refractivity contribution in [2.75, 3.05) is 70.5 Å². The number of carbonyl (C=O) groups excluding carboxylic acids is 3. The number of nitrogens with zero attached hydrogens (tertiary/aromatic N) is 8. The van der Waals surface area contributed by atoms with E-state index in [4.69, 9.17) is 48.1 Å². The highest BCUT2D eigenvalue weighted by atomic mass is 32.1. The Bertz CT molecular complexity index is 4090.